The molecule has 14 heteroatoms. The summed E-state index contributed by atoms with van der Waals surface area (Å²) in [6.45, 7) is 2.02. The Morgan fingerprint density at radius 2 is 1.26 bits per heavy atom. The van der Waals surface area contributed by atoms with Crippen molar-refractivity contribution in [1.29, 1.82) is 0 Å². The van der Waals surface area contributed by atoms with E-state index in [-0.39, 0.29) is 12.8 Å². The highest BCUT2D eigenvalue weighted by atomic mass is 16.8. The van der Waals surface area contributed by atoms with Crippen LogP contribution < -0.4 is 0 Å². The Morgan fingerprint density at radius 3 is 1.79 bits per heavy atom. The maximum absolute atomic E-state index is 11.9. The molecule has 0 unspecified atom stereocenters. The van der Waals surface area contributed by atoms with Crippen LogP contribution in [-0.4, -0.2) is 122 Å². The SMILES string of the molecule is C=COC(=O)CCCCC(=O)OC[C@H]1O[C@H](O[C@H]2O[C@H](CO)[C@@H](O)[C@H](O)[C@H]2O)[C@H](O)[C@@H](O)[C@@H]1O. The number of hydrogen-bond donors (Lipinski definition) is 7. The molecule has 0 radical (unpaired) electrons. The van der Waals surface area contributed by atoms with Crippen molar-refractivity contribution in [3.63, 3.8) is 0 Å². The van der Waals surface area contributed by atoms with Gasteiger partial charge in [-0.15, -0.1) is 0 Å². The number of aliphatic hydroxyl groups is 7. The molecule has 196 valence electrons. The fourth-order valence-electron chi connectivity index (χ4n) is 3.42. The Morgan fingerprint density at radius 1 is 0.765 bits per heavy atom. The quantitative estimate of drug-likeness (QED) is 0.0834. The maximum Gasteiger partial charge on any atom is 0.310 e. The lowest BCUT2D eigenvalue weighted by Crippen LogP contribution is -2.63. The molecule has 10 atom stereocenters. The zero-order valence-electron chi connectivity index (χ0n) is 18.3. The van der Waals surface area contributed by atoms with Gasteiger partial charge >= 0.3 is 11.9 Å². The lowest BCUT2D eigenvalue weighted by atomic mass is 9.98. The lowest BCUT2D eigenvalue weighted by Gasteiger charge is -2.44. The maximum atomic E-state index is 11.9. The van der Waals surface area contributed by atoms with E-state index in [4.69, 9.17) is 18.9 Å². The molecule has 7 N–H and O–H groups in total. The topological polar surface area (TPSA) is 222 Å². The summed E-state index contributed by atoms with van der Waals surface area (Å²) in [7, 11) is 0. The number of hydrogen-bond acceptors (Lipinski definition) is 14. The van der Waals surface area contributed by atoms with E-state index in [9.17, 15) is 45.3 Å². The number of aliphatic hydroxyl groups excluding tert-OH is 7. The molecule has 0 aromatic heterocycles. The summed E-state index contributed by atoms with van der Waals surface area (Å²) in [6, 6.07) is 0. The van der Waals surface area contributed by atoms with Gasteiger partial charge in [0.15, 0.2) is 12.6 Å². The minimum Gasteiger partial charge on any atom is -0.463 e. The van der Waals surface area contributed by atoms with Gasteiger partial charge in [0.2, 0.25) is 0 Å². The number of carbonyl (C=O) groups excluding carboxylic acids is 2. The van der Waals surface area contributed by atoms with Crippen LogP contribution in [0.25, 0.3) is 0 Å². The van der Waals surface area contributed by atoms with Gasteiger partial charge in [-0.25, -0.2) is 0 Å². The highest BCUT2D eigenvalue weighted by Crippen LogP contribution is 2.28. The summed E-state index contributed by atoms with van der Waals surface area (Å²) in [5, 5.41) is 69.4. The van der Waals surface area contributed by atoms with E-state index < -0.39 is 86.6 Å². The molecule has 2 rings (SSSR count). The van der Waals surface area contributed by atoms with Crippen molar-refractivity contribution in [2.75, 3.05) is 13.2 Å². The molecule has 0 bridgehead atoms. The van der Waals surface area contributed by atoms with Crippen LogP contribution in [0.5, 0.6) is 0 Å². The summed E-state index contributed by atoms with van der Waals surface area (Å²) < 4.78 is 25.4. The van der Waals surface area contributed by atoms with Crippen molar-refractivity contribution >= 4 is 11.9 Å². The van der Waals surface area contributed by atoms with Crippen molar-refractivity contribution in [2.24, 2.45) is 0 Å². The van der Waals surface area contributed by atoms with E-state index in [1.807, 2.05) is 0 Å². The van der Waals surface area contributed by atoms with Crippen LogP contribution in [0, 0.1) is 0 Å². The molecule has 2 heterocycles. The Balaban J connectivity index is 1.87. The van der Waals surface area contributed by atoms with Crippen molar-refractivity contribution < 1.29 is 69.0 Å². The fourth-order valence-corrected chi connectivity index (χ4v) is 3.42. The second-order valence-corrected chi connectivity index (χ2v) is 7.89. The Hall–Kier alpha value is -1.72. The number of unbranched alkanes of at least 4 members (excludes halogenated alkanes) is 1. The monoisotopic (exact) mass is 496 g/mol. The van der Waals surface area contributed by atoms with Gasteiger partial charge in [0, 0.05) is 12.8 Å². The molecule has 0 saturated carbocycles. The smallest absolute Gasteiger partial charge is 0.310 e. The Labute approximate surface area is 194 Å². The van der Waals surface area contributed by atoms with Gasteiger partial charge in [0.1, 0.15) is 55.4 Å². The zero-order valence-corrected chi connectivity index (χ0v) is 18.3. The standard InChI is InChI=1S/C20H32O14/c1-2-30-11(22)5-3-4-6-12(23)31-8-10-14(25)16(27)18(29)20(33-10)34-19-17(28)15(26)13(24)9(7-21)32-19/h2,9-10,13-21,24-29H,1,3-8H2/t9-,10-,13-,14-,15+,16+,17-,18-,19-,20-/m1/s1. The molecule has 0 aliphatic carbocycles. The predicted molar refractivity (Wildman–Crippen MR) is 107 cm³/mol. The third kappa shape index (κ3) is 7.39. The van der Waals surface area contributed by atoms with Crippen LogP contribution >= 0.6 is 0 Å². The van der Waals surface area contributed by atoms with Crippen molar-refractivity contribution in [3.05, 3.63) is 12.8 Å². The molecule has 0 spiro atoms. The van der Waals surface area contributed by atoms with Crippen LogP contribution in [0.2, 0.25) is 0 Å². The molecule has 0 amide bonds. The van der Waals surface area contributed by atoms with E-state index in [0.717, 1.165) is 6.26 Å². The van der Waals surface area contributed by atoms with Crippen LogP contribution in [-0.2, 0) is 33.3 Å². The normalized spacial score (nSPS) is 38.2. The lowest BCUT2D eigenvalue weighted by molar-refractivity contribution is -0.376. The molecular formula is C20H32O14. The van der Waals surface area contributed by atoms with Crippen LogP contribution in [0.4, 0.5) is 0 Å². The summed E-state index contributed by atoms with van der Waals surface area (Å²) in [5.41, 5.74) is 0. The molecule has 2 aliphatic heterocycles. The predicted octanol–water partition coefficient (Wildman–Crippen LogP) is -3.60. The summed E-state index contributed by atoms with van der Waals surface area (Å²) in [5.74, 6) is -1.15. The molecule has 34 heavy (non-hydrogen) atoms. The first-order chi connectivity index (χ1) is 16.1. The average molecular weight is 496 g/mol. The highest BCUT2D eigenvalue weighted by molar-refractivity contribution is 5.70. The average Bonchev–Trinajstić information content (AvgIpc) is 2.81. The van der Waals surface area contributed by atoms with Crippen LogP contribution in [0.1, 0.15) is 25.7 Å². The molecule has 0 aromatic rings. The minimum atomic E-state index is -1.82. The van der Waals surface area contributed by atoms with Gasteiger partial charge in [0.05, 0.1) is 12.9 Å². The number of ether oxygens (including phenoxy) is 5. The molecule has 2 saturated heterocycles. The summed E-state index contributed by atoms with van der Waals surface area (Å²) in [4.78, 5) is 23.1. The van der Waals surface area contributed by atoms with Gasteiger partial charge in [-0.3, -0.25) is 9.59 Å². The van der Waals surface area contributed by atoms with Crippen LogP contribution in [0.3, 0.4) is 0 Å². The van der Waals surface area contributed by atoms with Gasteiger partial charge < -0.3 is 59.4 Å². The van der Waals surface area contributed by atoms with Crippen LogP contribution in [0.15, 0.2) is 12.8 Å². The van der Waals surface area contributed by atoms with Gasteiger partial charge in [-0.1, -0.05) is 6.58 Å². The molecular weight excluding hydrogens is 464 g/mol. The zero-order chi connectivity index (χ0) is 25.4. The van der Waals surface area contributed by atoms with E-state index in [2.05, 4.69) is 11.3 Å². The van der Waals surface area contributed by atoms with Crippen molar-refractivity contribution in [3.8, 4) is 0 Å². The minimum absolute atomic E-state index is 0.0415. The largest absolute Gasteiger partial charge is 0.463 e. The highest BCUT2D eigenvalue weighted by Gasteiger charge is 2.49. The third-order valence-corrected chi connectivity index (χ3v) is 5.42. The Bertz CT molecular complexity index is 672. The first kappa shape index (κ1) is 28.5. The van der Waals surface area contributed by atoms with Crippen molar-refractivity contribution in [1.82, 2.24) is 0 Å². The second-order valence-electron chi connectivity index (χ2n) is 7.89. The molecule has 2 fully saturated rings. The first-order valence-corrected chi connectivity index (χ1v) is 10.7. The molecule has 2 aliphatic rings. The van der Waals surface area contributed by atoms with E-state index >= 15 is 0 Å². The van der Waals surface area contributed by atoms with E-state index in [0.29, 0.717) is 12.8 Å². The van der Waals surface area contributed by atoms with Gasteiger partial charge in [-0.2, -0.15) is 0 Å². The molecule has 0 aromatic carbocycles. The van der Waals surface area contributed by atoms with Gasteiger partial charge in [0.25, 0.3) is 0 Å². The fraction of sp³-hybridized carbons (Fsp3) is 0.800. The number of carbonyl (C=O) groups is 2. The van der Waals surface area contributed by atoms with E-state index in [1.165, 1.54) is 0 Å². The third-order valence-electron chi connectivity index (χ3n) is 5.42. The number of rotatable bonds is 11. The summed E-state index contributed by atoms with van der Waals surface area (Å²) in [6.07, 6.45) is -14.7. The second kappa shape index (κ2) is 13.4. The molecule has 14 nitrogen and oxygen atoms in total. The van der Waals surface area contributed by atoms with Crippen molar-refractivity contribution in [2.45, 2.75) is 87.1 Å². The number of esters is 2. The summed E-state index contributed by atoms with van der Waals surface area (Å²) >= 11 is 0. The Kier molecular flexibility index (Phi) is 11.2. The van der Waals surface area contributed by atoms with Gasteiger partial charge in [-0.05, 0) is 12.8 Å². The first-order valence-electron chi connectivity index (χ1n) is 10.7. The van der Waals surface area contributed by atoms with E-state index in [1.54, 1.807) is 0 Å².